The van der Waals surface area contributed by atoms with Crippen LogP contribution in [0.5, 0.6) is 17.4 Å². The molecule has 0 saturated carbocycles. The molecule has 0 unspecified atom stereocenters. The Morgan fingerprint density at radius 3 is 2.24 bits per heavy atom. The van der Waals surface area contributed by atoms with Crippen LogP contribution in [0.25, 0.3) is 11.0 Å². The Kier molecular flexibility index (Phi) is 4.35. The van der Waals surface area contributed by atoms with E-state index in [4.69, 9.17) is 24.2 Å². The summed E-state index contributed by atoms with van der Waals surface area (Å²) in [6.45, 7) is 2.86. The molecule has 0 bridgehead atoms. The summed E-state index contributed by atoms with van der Waals surface area (Å²) >= 11 is 0. The first-order chi connectivity index (χ1) is 12.3. The number of methoxy groups -OCH3 is 1. The normalized spacial score (nSPS) is 14.5. The quantitative estimate of drug-likeness (QED) is 0.728. The molecule has 1 fully saturated rings. The number of rotatable bonds is 4. The average molecular weight is 337 g/mol. The summed E-state index contributed by atoms with van der Waals surface area (Å²) in [5.41, 5.74) is 1.64. The van der Waals surface area contributed by atoms with Crippen molar-refractivity contribution in [1.29, 1.82) is 0 Å². The molecule has 0 aliphatic carbocycles. The highest BCUT2D eigenvalue weighted by Crippen LogP contribution is 2.35. The summed E-state index contributed by atoms with van der Waals surface area (Å²) in [6.07, 6.45) is 0. The van der Waals surface area contributed by atoms with Gasteiger partial charge in [0.25, 0.3) is 5.88 Å². The lowest BCUT2D eigenvalue weighted by Gasteiger charge is -2.28. The van der Waals surface area contributed by atoms with Crippen molar-refractivity contribution in [2.75, 3.05) is 38.3 Å². The van der Waals surface area contributed by atoms with Gasteiger partial charge in [0.1, 0.15) is 0 Å². The maximum atomic E-state index is 6.11. The van der Waals surface area contributed by atoms with Crippen molar-refractivity contribution in [3.05, 3.63) is 48.5 Å². The van der Waals surface area contributed by atoms with E-state index in [9.17, 15) is 0 Å². The van der Waals surface area contributed by atoms with Crippen molar-refractivity contribution in [3.8, 4) is 17.4 Å². The highest BCUT2D eigenvalue weighted by molar-refractivity contribution is 5.77. The Morgan fingerprint density at radius 1 is 0.880 bits per heavy atom. The number of ether oxygens (including phenoxy) is 3. The van der Waals surface area contributed by atoms with Crippen molar-refractivity contribution >= 4 is 16.9 Å². The van der Waals surface area contributed by atoms with E-state index in [1.165, 1.54) is 0 Å². The second-order valence-corrected chi connectivity index (χ2v) is 5.69. The summed E-state index contributed by atoms with van der Waals surface area (Å²) < 4.78 is 16.9. The molecule has 0 N–H and O–H groups in total. The van der Waals surface area contributed by atoms with Crippen molar-refractivity contribution in [2.24, 2.45) is 0 Å². The number of benzene rings is 2. The van der Waals surface area contributed by atoms with Crippen LogP contribution >= 0.6 is 0 Å². The molecule has 128 valence electrons. The number of aromatic nitrogens is 2. The van der Waals surface area contributed by atoms with Crippen LogP contribution in [0.4, 0.5) is 5.82 Å². The van der Waals surface area contributed by atoms with Gasteiger partial charge in [0.05, 0.1) is 31.4 Å². The summed E-state index contributed by atoms with van der Waals surface area (Å²) in [5.74, 6) is 2.48. The maximum Gasteiger partial charge on any atom is 0.263 e. The maximum absolute atomic E-state index is 6.11. The summed E-state index contributed by atoms with van der Waals surface area (Å²) in [7, 11) is 1.62. The molecule has 3 aromatic rings. The van der Waals surface area contributed by atoms with Crippen LogP contribution < -0.4 is 14.4 Å². The van der Waals surface area contributed by atoms with Gasteiger partial charge in [-0.1, -0.05) is 24.3 Å². The van der Waals surface area contributed by atoms with E-state index in [1.54, 1.807) is 7.11 Å². The molecule has 0 atom stereocenters. The van der Waals surface area contributed by atoms with E-state index >= 15 is 0 Å². The Morgan fingerprint density at radius 2 is 1.52 bits per heavy atom. The van der Waals surface area contributed by atoms with Gasteiger partial charge >= 0.3 is 0 Å². The molecule has 0 spiro atoms. The molecule has 1 saturated heterocycles. The van der Waals surface area contributed by atoms with Gasteiger partial charge < -0.3 is 19.1 Å². The van der Waals surface area contributed by atoms with Crippen molar-refractivity contribution in [2.45, 2.75) is 0 Å². The molecule has 25 heavy (non-hydrogen) atoms. The highest BCUT2D eigenvalue weighted by Gasteiger charge is 2.21. The van der Waals surface area contributed by atoms with Crippen LogP contribution in [0, 0.1) is 0 Å². The first-order valence-electron chi connectivity index (χ1n) is 8.25. The molecule has 4 rings (SSSR count). The van der Waals surface area contributed by atoms with Crippen molar-refractivity contribution in [3.63, 3.8) is 0 Å². The number of para-hydroxylation sites is 4. The van der Waals surface area contributed by atoms with E-state index in [0.29, 0.717) is 30.6 Å². The third kappa shape index (κ3) is 3.21. The highest BCUT2D eigenvalue weighted by atomic mass is 16.5. The van der Waals surface area contributed by atoms with E-state index in [-0.39, 0.29) is 0 Å². The van der Waals surface area contributed by atoms with Gasteiger partial charge in [-0.15, -0.1) is 0 Å². The summed E-state index contributed by atoms with van der Waals surface area (Å²) in [4.78, 5) is 11.6. The van der Waals surface area contributed by atoms with E-state index in [1.807, 2.05) is 48.5 Å². The fourth-order valence-corrected chi connectivity index (χ4v) is 2.83. The molecule has 0 amide bonds. The third-order valence-electron chi connectivity index (χ3n) is 4.11. The monoisotopic (exact) mass is 337 g/mol. The van der Waals surface area contributed by atoms with Gasteiger partial charge in [-0.05, 0) is 24.3 Å². The van der Waals surface area contributed by atoms with Gasteiger partial charge in [0.2, 0.25) is 0 Å². The Balaban J connectivity index is 1.79. The van der Waals surface area contributed by atoms with E-state index in [0.717, 1.165) is 29.9 Å². The van der Waals surface area contributed by atoms with Gasteiger partial charge in [-0.25, -0.2) is 9.97 Å². The van der Waals surface area contributed by atoms with E-state index in [2.05, 4.69) is 4.90 Å². The zero-order chi connectivity index (χ0) is 17.1. The van der Waals surface area contributed by atoms with Crippen LogP contribution in [0.1, 0.15) is 0 Å². The lowest BCUT2D eigenvalue weighted by Crippen LogP contribution is -2.37. The van der Waals surface area contributed by atoms with Crippen LogP contribution in [0.15, 0.2) is 48.5 Å². The molecule has 1 aliphatic heterocycles. The molecule has 0 radical (unpaired) electrons. The standard InChI is InChI=1S/C19H19N3O3/c1-23-16-8-4-5-9-17(16)25-19-18(22-10-12-24-13-11-22)20-14-6-2-3-7-15(14)21-19/h2-9H,10-13H2,1H3. The fourth-order valence-electron chi connectivity index (χ4n) is 2.83. The fraction of sp³-hybridized carbons (Fsp3) is 0.263. The lowest BCUT2D eigenvalue weighted by atomic mass is 10.3. The third-order valence-corrected chi connectivity index (χ3v) is 4.11. The summed E-state index contributed by atoms with van der Waals surface area (Å²) in [6, 6.07) is 15.3. The lowest BCUT2D eigenvalue weighted by molar-refractivity contribution is 0.122. The van der Waals surface area contributed by atoms with Crippen LogP contribution in [0.2, 0.25) is 0 Å². The number of nitrogens with zero attached hydrogens (tertiary/aromatic N) is 3. The van der Waals surface area contributed by atoms with E-state index < -0.39 is 0 Å². The van der Waals surface area contributed by atoms with Crippen LogP contribution in [-0.4, -0.2) is 43.4 Å². The minimum atomic E-state index is 0.477. The minimum Gasteiger partial charge on any atom is -0.493 e. The average Bonchev–Trinajstić information content (AvgIpc) is 2.68. The zero-order valence-electron chi connectivity index (χ0n) is 14.0. The molecule has 6 heteroatoms. The van der Waals surface area contributed by atoms with Crippen molar-refractivity contribution < 1.29 is 14.2 Å². The first kappa shape index (κ1) is 15.7. The predicted molar refractivity (Wildman–Crippen MR) is 95.6 cm³/mol. The molecule has 2 heterocycles. The Labute approximate surface area is 146 Å². The molecular formula is C19H19N3O3. The smallest absolute Gasteiger partial charge is 0.263 e. The number of hydrogen-bond acceptors (Lipinski definition) is 6. The second-order valence-electron chi connectivity index (χ2n) is 5.69. The van der Waals surface area contributed by atoms with Crippen LogP contribution in [-0.2, 0) is 4.74 Å². The SMILES string of the molecule is COc1ccccc1Oc1nc2ccccc2nc1N1CCOCC1. The second kappa shape index (κ2) is 6.94. The zero-order valence-corrected chi connectivity index (χ0v) is 14.0. The molecule has 2 aromatic carbocycles. The number of fused-ring (bicyclic) bond motifs is 1. The van der Waals surface area contributed by atoms with Gasteiger partial charge in [0.15, 0.2) is 17.3 Å². The molecule has 1 aromatic heterocycles. The largest absolute Gasteiger partial charge is 0.493 e. The Hall–Kier alpha value is -2.86. The van der Waals surface area contributed by atoms with Gasteiger partial charge in [0, 0.05) is 13.1 Å². The Bertz CT molecular complexity index is 879. The number of anilines is 1. The predicted octanol–water partition coefficient (Wildman–Crippen LogP) is 3.27. The summed E-state index contributed by atoms with van der Waals surface area (Å²) in [5, 5.41) is 0. The first-order valence-corrected chi connectivity index (χ1v) is 8.25. The molecule has 1 aliphatic rings. The van der Waals surface area contributed by atoms with Gasteiger partial charge in [-0.3, -0.25) is 0 Å². The number of hydrogen-bond donors (Lipinski definition) is 0. The number of morpholine rings is 1. The van der Waals surface area contributed by atoms with Crippen molar-refractivity contribution in [1.82, 2.24) is 9.97 Å². The minimum absolute atomic E-state index is 0.477. The molecular weight excluding hydrogens is 318 g/mol. The van der Waals surface area contributed by atoms with Crippen LogP contribution in [0.3, 0.4) is 0 Å². The van der Waals surface area contributed by atoms with Gasteiger partial charge in [-0.2, -0.15) is 0 Å². The molecule has 6 nitrogen and oxygen atoms in total. The topological polar surface area (TPSA) is 56.7 Å².